The molecule has 0 saturated heterocycles. The van der Waals surface area contributed by atoms with Crippen LogP contribution in [0.5, 0.6) is 11.5 Å². The predicted octanol–water partition coefficient (Wildman–Crippen LogP) is 4.55. The zero-order valence-corrected chi connectivity index (χ0v) is 21.1. The lowest BCUT2D eigenvalue weighted by atomic mass is 10.1. The van der Waals surface area contributed by atoms with Gasteiger partial charge in [-0.15, -0.1) is 0 Å². The predicted molar refractivity (Wildman–Crippen MR) is 134 cm³/mol. The molecule has 0 atom stereocenters. The van der Waals surface area contributed by atoms with Crippen LogP contribution < -0.4 is 9.47 Å². The first-order valence-corrected chi connectivity index (χ1v) is 12.3. The number of rotatable bonds is 12. The molecule has 9 heteroatoms. The highest BCUT2D eigenvalue weighted by Crippen LogP contribution is 2.33. The molecular formula is C28H31FN2O6. The third kappa shape index (κ3) is 6.89. The summed E-state index contributed by atoms with van der Waals surface area (Å²) in [6.07, 6.45) is 0.515. The van der Waals surface area contributed by atoms with Gasteiger partial charge in [-0.25, -0.2) is 4.39 Å². The smallest absolute Gasteiger partial charge is 0.257 e. The second-order valence-corrected chi connectivity index (χ2v) is 8.71. The molecule has 196 valence electrons. The van der Waals surface area contributed by atoms with Crippen molar-refractivity contribution < 1.29 is 32.6 Å². The molecule has 2 aromatic carbocycles. The number of carbonyl (C=O) groups is 2. The number of aryl methyl sites for hydroxylation is 1. The standard InChI is InChI=1S/C28H31FN2O6/c1-3-34-14-6-13-30(28(33)23-7-4-5-8-24(23)29)18-27(32)31(17-22-11-9-20(2)37-22)16-21-10-12-25-26(15-21)36-19-35-25/h4-5,7-12,15H,3,6,13-14,16-19H2,1-2H3. The van der Waals surface area contributed by atoms with E-state index in [1.165, 1.54) is 23.1 Å². The van der Waals surface area contributed by atoms with Crippen molar-refractivity contribution >= 4 is 11.8 Å². The first kappa shape index (κ1) is 26.2. The number of carbonyl (C=O) groups excluding carboxylic acids is 2. The number of hydrogen-bond acceptors (Lipinski definition) is 6. The van der Waals surface area contributed by atoms with Crippen molar-refractivity contribution in [3.63, 3.8) is 0 Å². The normalized spacial score (nSPS) is 12.0. The quantitative estimate of drug-likeness (QED) is 0.333. The van der Waals surface area contributed by atoms with E-state index in [9.17, 15) is 14.0 Å². The van der Waals surface area contributed by atoms with Crippen molar-refractivity contribution in [3.05, 3.63) is 83.1 Å². The van der Waals surface area contributed by atoms with Gasteiger partial charge in [0.1, 0.15) is 23.9 Å². The maximum atomic E-state index is 14.4. The molecule has 0 bridgehead atoms. The third-order valence-corrected chi connectivity index (χ3v) is 5.94. The summed E-state index contributed by atoms with van der Waals surface area (Å²) in [4.78, 5) is 29.9. The summed E-state index contributed by atoms with van der Waals surface area (Å²) >= 11 is 0. The van der Waals surface area contributed by atoms with Crippen LogP contribution in [0.2, 0.25) is 0 Å². The first-order valence-electron chi connectivity index (χ1n) is 12.3. The minimum absolute atomic E-state index is 0.0734. The van der Waals surface area contributed by atoms with E-state index >= 15 is 0 Å². The van der Waals surface area contributed by atoms with Crippen LogP contribution in [0, 0.1) is 12.7 Å². The fourth-order valence-corrected chi connectivity index (χ4v) is 4.07. The van der Waals surface area contributed by atoms with E-state index in [-0.39, 0.29) is 44.4 Å². The fourth-order valence-electron chi connectivity index (χ4n) is 4.07. The Morgan fingerprint density at radius 3 is 2.57 bits per heavy atom. The largest absolute Gasteiger partial charge is 0.464 e. The van der Waals surface area contributed by atoms with Gasteiger partial charge in [-0.2, -0.15) is 0 Å². The molecule has 8 nitrogen and oxygen atoms in total. The molecule has 0 aliphatic carbocycles. The van der Waals surface area contributed by atoms with Gasteiger partial charge in [-0.1, -0.05) is 18.2 Å². The summed E-state index contributed by atoms with van der Waals surface area (Å²) in [6, 6.07) is 14.9. The van der Waals surface area contributed by atoms with Crippen molar-refractivity contribution in [2.45, 2.75) is 33.4 Å². The van der Waals surface area contributed by atoms with E-state index in [0.29, 0.717) is 36.9 Å². The number of furan rings is 1. The summed E-state index contributed by atoms with van der Waals surface area (Å²) < 4.78 is 36.4. The molecule has 2 amide bonds. The Morgan fingerprint density at radius 2 is 1.81 bits per heavy atom. The molecule has 0 spiro atoms. The molecular weight excluding hydrogens is 479 g/mol. The maximum absolute atomic E-state index is 14.4. The zero-order chi connectivity index (χ0) is 26.2. The maximum Gasteiger partial charge on any atom is 0.257 e. The van der Waals surface area contributed by atoms with E-state index in [0.717, 1.165) is 11.3 Å². The molecule has 0 radical (unpaired) electrons. The van der Waals surface area contributed by atoms with Gasteiger partial charge in [0.15, 0.2) is 11.5 Å². The lowest BCUT2D eigenvalue weighted by molar-refractivity contribution is -0.133. The van der Waals surface area contributed by atoms with Gasteiger partial charge >= 0.3 is 0 Å². The fraction of sp³-hybridized carbons (Fsp3) is 0.357. The van der Waals surface area contributed by atoms with E-state index in [1.54, 1.807) is 17.0 Å². The molecule has 0 fully saturated rings. The van der Waals surface area contributed by atoms with Gasteiger partial charge in [0.05, 0.1) is 12.1 Å². The second kappa shape index (κ2) is 12.4. The lowest BCUT2D eigenvalue weighted by Crippen LogP contribution is -2.43. The number of amides is 2. The molecule has 4 rings (SSSR count). The SMILES string of the molecule is CCOCCCN(CC(=O)N(Cc1ccc2c(c1)OCO2)Cc1ccc(C)o1)C(=O)c1ccccc1F. The van der Waals surface area contributed by atoms with Crippen molar-refractivity contribution in [2.24, 2.45) is 0 Å². The minimum atomic E-state index is -0.627. The van der Waals surface area contributed by atoms with Crippen LogP contribution in [0.1, 0.15) is 40.8 Å². The number of ether oxygens (including phenoxy) is 3. The highest BCUT2D eigenvalue weighted by atomic mass is 19.1. The Bertz CT molecular complexity index is 1230. The molecule has 0 N–H and O–H groups in total. The topological polar surface area (TPSA) is 81.5 Å². The summed E-state index contributed by atoms with van der Waals surface area (Å²) in [5, 5.41) is 0. The Labute approximate surface area is 215 Å². The van der Waals surface area contributed by atoms with Gasteiger partial charge in [-0.3, -0.25) is 9.59 Å². The van der Waals surface area contributed by atoms with Gasteiger partial charge < -0.3 is 28.4 Å². The zero-order valence-electron chi connectivity index (χ0n) is 21.1. The Hall–Kier alpha value is -3.85. The third-order valence-electron chi connectivity index (χ3n) is 5.94. The van der Waals surface area contributed by atoms with Crippen LogP contribution in [0.4, 0.5) is 4.39 Å². The molecule has 2 heterocycles. The second-order valence-electron chi connectivity index (χ2n) is 8.71. The first-order chi connectivity index (χ1) is 17.9. The van der Waals surface area contributed by atoms with Crippen LogP contribution >= 0.6 is 0 Å². The van der Waals surface area contributed by atoms with Gasteiger partial charge in [0.25, 0.3) is 5.91 Å². The van der Waals surface area contributed by atoms with E-state index in [4.69, 9.17) is 18.6 Å². The highest BCUT2D eigenvalue weighted by molar-refractivity contribution is 5.96. The molecule has 37 heavy (non-hydrogen) atoms. The van der Waals surface area contributed by atoms with Crippen LogP contribution in [0.15, 0.2) is 59.0 Å². The van der Waals surface area contributed by atoms with Crippen LogP contribution in [-0.4, -0.2) is 54.7 Å². The van der Waals surface area contributed by atoms with Crippen LogP contribution in [0.3, 0.4) is 0 Å². The van der Waals surface area contributed by atoms with Gasteiger partial charge in [-0.05, 0) is 62.2 Å². The molecule has 1 aromatic heterocycles. The minimum Gasteiger partial charge on any atom is -0.464 e. The lowest BCUT2D eigenvalue weighted by Gasteiger charge is -2.27. The molecule has 0 saturated carbocycles. The molecule has 0 unspecified atom stereocenters. The van der Waals surface area contributed by atoms with Gasteiger partial charge in [0, 0.05) is 26.3 Å². The number of fused-ring (bicyclic) bond motifs is 1. The molecule has 1 aliphatic heterocycles. The molecule has 1 aliphatic rings. The van der Waals surface area contributed by atoms with Crippen molar-refractivity contribution in [3.8, 4) is 11.5 Å². The number of benzene rings is 2. The van der Waals surface area contributed by atoms with Crippen LogP contribution in [0.25, 0.3) is 0 Å². The Kier molecular flexibility index (Phi) is 8.79. The average Bonchev–Trinajstić information content (AvgIpc) is 3.53. The van der Waals surface area contributed by atoms with E-state index < -0.39 is 11.7 Å². The van der Waals surface area contributed by atoms with Gasteiger partial charge in [0.2, 0.25) is 12.7 Å². The summed E-state index contributed by atoms with van der Waals surface area (Å²) in [5.74, 6) is 1.16. The average molecular weight is 511 g/mol. The van der Waals surface area contributed by atoms with E-state index in [1.807, 2.05) is 38.1 Å². The summed E-state index contributed by atoms with van der Waals surface area (Å²) in [5.41, 5.74) is 0.764. The number of hydrogen-bond donors (Lipinski definition) is 0. The number of halogens is 1. The van der Waals surface area contributed by atoms with Crippen LogP contribution in [-0.2, 0) is 22.6 Å². The highest BCUT2D eigenvalue weighted by Gasteiger charge is 2.25. The molecule has 3 aromatic rings. The van der Waals surface area contributed by atoms with Crippen molar-refractivity contribution in [2.75, 3.05) is 33.1 Å². The van der Waals surface area contributed by atoms with E-state index in [2.05, 4.69) is 0 Å². The van der Waals surface area contributed by atoms with Crippen molar-refractivity contribution in [1.29, 1.82) is 0 Å². The summed E-state index contributed by atoms with van der Waals surface area (Å²) in [6.45, 7) is 5.35. The summed E-state index contributed by atoms with van der Waals surface area (Å²) in [7, 11) is 0. The van der Waals surface area contributed by atoms with Crippen molar-refractivity contribution in [1.82, 2.24) is 9.80 Å². The number of nitrogens with zero attached hydrogens (tertiary/aromatic N) is 2. The monoisotopic (exact) mass is 510 g/mol. The Balaban J connectivity index is 1.54. The Morgan fingerprint density at radius 1 is 1.00 bits per heavy atom.